The maximum Gasteiger partial charge on any atom is 0.535 e. The molecule has 0 saturated carbocycles. The van der Waals surface area contributed by atoms with Crippen molar-refractivity contribution >= 4 is 47.7 Å². The molecule has 6 aromatic carbocycles. The Labute approximate surface area is 288 Å². The predicted molar refractivity (Wildman–Crippen MR) is 189 cm³/mol. The Bertz CT molecular complexity index is 1870. The van der Waals surface area contributed by atoms with E-state index in [-0.39, 0.29) is 22.6 Å². The largest absolute Gasteiger partial charge is 0.535 e. The predicted octanol–water partition coefficient (Wildman–Crippen LogP) is 7.90. The second kappa shape index (κ2) is 13.3. The Balaban J connectivity index is 1.37. The van der Waals surface area contributed by atoms with Gasteiger partial charge in [-0.25, -0.2) is 0 Å². The topological polar surface area (TPSA) is 36.9 Å². The maximum absolute atomic E-state index is 15.5. The normalized spacial score (nSPS) is 18.8. The van der Waals surface area contributed by atoms with Crippen LogP contribution in [0.3, 0.4) is 0 Å². The van der Waals surface area contributed by atoms with E-state index in [2.05, 4.69) is 0 Å². The zero-order valence-electron chi connectivity index (χ0n) is 26.2. The van der Waals surface area contributed by atoms with Gasteiger partial charge in [0.05, 0.1) is 0 Å². The molecule has 2 aliphatic rings. The molecular weight excluding hydrogens is 682 g/mol. The summed E-state index contributed by atoms with van der Waals surface area (Å²) in [7, 11) is -2.80. The summed E-state index contributed by atoms with van der Waals surface area (Å²) in [5.74, 6) is -0.345. The average molecular weight is 711 g/mol. The number of ether oxygens (including phenoxy) is 4. The smallest absolute Gasteiger partial charge is 0.409 e. The quantitative estimate of drug-likeness (QED) is 0.125. The van der Waals surface area contributed by atoms with Crippen molar-refractivity contribution in [3.05, 3.63) is 169 Å². The molecule has 2 atom stereocenters. The van der Waals surface area contributed by atoms with Crippen molar-refractivity contribution in [2.45, 2.75) is 24.8 Å². The van der Waals surface area contributed by atoms with Gasteiger partial charge >= 0.3 is 12.6 Å². The Hall–Kier alpha value is -4.58. The molecule has 0 bridgehead atoms. The first-order chi connectivity index (χ1) is 24.3. The Morgan fingerprint density at radius 3 is 0.980 bits per heavy atom. The summed E-state index contributed by atoms with van der Waals surface area (Å²) in [5.41, 5.74) is 0.425. The number of halogens is 4. The van der Waals surface area contributed by atoms with Gasteiger partial charge in [-0.3, -0.25) is 9.47 Å². The first-order valence-corrected chi connectivity index (χ1v) is 18.5. The van der Waals surface area contributed by atoms with Crippen molar-refractivity contribution in [3.8, 4) is 11.5 Å². The van der Waals surface area contributed by atoms with Gasteiger partial charge in [0.25, 0.3) is 0 Å². The summed E-state index contributed by atoms with van der Waals surface area (Å²) >= 11 is 0. The van der Waals surface area contributed by atoms with Crippen LogP contribution in [0.5, 0.6) is 11.5 Å². The van der Waals surface area contributed by atoms with E-state index in [9.17, 15) is 0 Å². The van der Waals surface area contributed by atoms with E-state index in [1.807, 2.05) is 133 Å². The monoisotopic (exact) mass is 710 g/mol. The average Bonchev–Trinajstić information content (AvgIpc) is 3.12. The summed E-state index contributed by atoms with van der Waals surface area (Å²) in [5, 5.41) is 4.93. The SMILES string of the molecule is FC1(F)Oc2cccc(P(c3ccccc3)c3ccccc3)c2C([C@@H]2OC(F)(F)Oc3cccc(P(c4ccccc4)c4ccccc4)c32)O1. The van der Waals surface area contributed by atoms with Crippen LogP contribution in [0.2, 0.25) is 0 Å². The summed E-state index contributed by atoms with van der Waals surface area (Å²) in [6, 6.07) is 48.3. The van der Waals surface area contributed by atoms with Crippen LogP contribution in [0.1, 0.15) is 23.3 Å². The number of benzene rings is 6. The van der Waals surface area contributed by atoms with Gasteiger partial charge in [0.1, 0.15) is 23.7 Å². The summed E-state index contributed by atoms with van der Waals surface area (Å²) in [4.78, 5) is 0. The van der Waals surface area contributed by atoms with E-state index in [1.54, 1.807) is 12.1 Å². The second-order valence-electron chi connectivity index (χ2n) is 11.6. The van der Waals surface area contributed by atoms with Crippen LogP contribution in [-0.2, 0) is 9.47 Å². The standard InChI is InChI=1S/C40H28F4O4P2/c41-39(42)45-31-23-13-25-33(49(27-15-5-1-6-16-27)28-17-7-2-8-18-28)35(31)37(47-39)38-36-32(46-40(43,44)48-38)24-14-26-34(36)50(29-19-9-3-10-20-29)30-21-11-4-12-22-30/h1-26,37-38H/t37-,38?/m1/s1. The number of rotatable bonds is 7. The third kappa shape index (κ3) is 6.29. The molecule has 250 valence electrons. The van der Waals surface area contributed by atoms with Crippen LogP contribution in [0.15, 0.2) is 158 Å². The first-order valence-electron chi connectivity index (χ1n) is 15.8. The fourth-order valence-corrected chi connectivity index (χ4v) is 11.5. The van der Waals surface area contributed by atoms with E-state index in [1.165, 1.54) is 12.1 Å². The summed E-state index contributed by atoms with van der Waals surface area (Å²) < 4.78 is 83.2. The van der Waals surface area contributed by atoms with Gasteiger partial charge in [0.15, 0.2) is 0 Å². The lowest BCUT2D eigenvalue weighted by atomic mass is 9.95. The van der Waals surface area contributed by atoms with E-state index >= 15 is 17.6 Å². The van der Waals surface area contributed by atoms with Crippen molar-refractivity contribution in [3.63, 3.8) is 0 Å². The van der Waals surface area contributed by atoms with Crippen LogP contribution >= 0.6 is 15.8 Å². The zero-order chi connectivity index (χ0) is 34.3. The molecule has 2 heterocycles. The second-order valence-corrected chi connectivity index (χ2v) is 16.0. The molecule has 6 aromatic rings. The molecule has 0 aliphatic carbocycles. The van der Waals surface area contributed by atoms with Gasteiger partial charge in [-0.2, -0.15) is 0 Å². The van der Waals surface area contributed by atoms with Crippen LogP contribution in [0.4, 0.5) is 17.6 Å². The molecule has 4 nitrogen and oxygen atoms in total. The van der Waals surface area contributed by atoms with Crippen molar-refractivity contribution in [2.24, 2.45) is 0 Å². The van der Waals surface area contributed by atoms with Gasteiger partial charge in [0.2, 0.25) is 0 Å². The van der Waals surface area contributed by atoms with Crippen molar-refractivity contribution < 1.29 is 36.5 Å². The number of alkyl halides is 4. The molecule has 0 aromatic heterocycles. The molecule has 8 rings (SSSR count). The highest BCUT2D eigenvalue weighted by molar-refractivity contribution is 7.80. The molecular formula is C40H28F4O4P2. The fourth-order valence-electron chi connectivity index (χ4n) is 6.51. The van der Waals surface area contributed by atoms with E-state index < -0.39 is 40.6 Å². The molecule has 0 spiro atoms. The first kappa shape index (κ1) is 32.6. The highest BCUT2D eigenvalue weighted by Crippen LogP contribution is 2.55. The highest BCUT2D eigenvalue weighted by atomic mass is 31.1. The van der Waals surface area contributed by atoms with E-state index in [0.29, 0.717) is 10.6 Å². The van der Waals surface area contributed by atoms with Gasteiger partial charge in [-0.05, 0) is 59.8 Å². The molecule has 0 fully saturated rings. The van der Waals surface area contributed by atoms with Gasteiger partial charge in [-0.1, -0.05) is 146 Å². The van der Waals surface area contributed by atoms with Gasteiger partial charge in [0, 0.05) is 11.1 Å². The molecule has 0 amide bonds. The van der Waals surface area contributed by atoms with Crippen molar-refractivity contribution in [1.82, 2.24) is 0 Å². The molecule has 2 aliphatic heterocycles. The molecule has 10 heteroatoms. The minimum Gasteiger partial charge on any atom is -0.409 e. The molecule has 0 radical (unpaired) electrons. The van der Waals surface area contributed by atoms with Crippen LogP contribution in [-0.4, -0.2) is 12.6 Å². The molecule has 1 unspecified atom stereocenters. The van der Waals surface area contributed by atoms with Crippen LogP contribution in [0.25, 0.3) is 0 Å². The minimum absolute atomic E-state index is 0.172. The number of fused-ring (bicyclic) bond motifs is 2. The summed E-state index contributed by atoms with van der Waals surface area (Å²) in [6.07, 6.45) is -11.7. The van der Waals surface area contributed by atoms with Gasteiger partial charge < -0.3 is 9.47 Å². The van der Waals surface area contributed by atoms with E-state index in [4.69, 9.17) is 18.9 Å². The summed E-state index contributed by atoms with van der Waals surface area (Å²) in [6.45, 7) is 0. The van der Waals surface area contributed by atoms with Crippen molar-refractivity contribution in [2.75, 3.05) is 0 Å². The van der Waals surface area contributed by atoms with E-state index in [0.717, 1.165) is 21.2 Å². The molecule has 0 N–H and O–H groups in total. The Morgan fingerprint density at radius 1 is 0.380 bits per heavy atom. The lowest BCUT2D eigenvalue weighted by Gasteiger charge is -2.42. The minimum atomic E-state index is -4.14. The Morgan fingerprint density at radius 2 is 0.680 bits per heavy atom. The third-order valence-electron chi connectivity index (χ3n) is 8.46. The van der Waals surface area contributed by atoms with Gasteiger partial charge in [-0.15, -0.1) is 17.6 Å². The molecule has 0 saturated heterocycles. The Kier molecular flexibility index (Phi) is 8.66. The lowest BCUT2D eigenvalue weighted by Crippen LogP contribution is -2.45. The number of hydrogen-bond acceptors (Lipinski definition) is 4. The highest BCUT2D eigenvalue weighted by Gasteiger charge is 2.55. The third-order valence-corrected chi connectivity index (χ3v) is 13.5. The maximum atomic E-state index is 15.5. The lowest BCUT2D eigenvalue weighted by molar-refractivity contribution is -0.427. The van der Waals surface area contributed by atoms with Crippen LogP contribution < -0.4 is 41.3 Å². The molecule has 50 heavy (non-hydrogen) atoms. The van der Waals surface area contributed by atoms with Crippen LogP contribution in [0, 0.1) is 0 Å². The zero-order valence-corrected chi connectivity index (χ0v) is 28.0. The van der Waals surface area contributed by atoms with Crippen molar-refractivity contribution in [1.29, 1.82) is 0 Å². The number of hydrogen-bond donors (Lipinski definition) is 0. The fraction of sp³-hybridized carbons (Fsp3) is 0.100.